The molecule has 1 amide bonds. The number of thiophene rings is 1. The molecule has 3 rings (SSSR count). The molecule has 1 saturated heterocycles. The fourth-order valence-electron chi connectivity index (χ4n) is 2.83. The quantitative estimate of drug-likeness (QED) is 0.856. The van der Waals surface area contributed by atoms with Crippen molar-refractivity contribution < 1.29 is 4.79 Å². The molecule has 2 heterocycles. The summed E-state index contributed by atoms with van der Waals surface area (Å²) in [6, 6.07) is 14.8. The number of benzene rings is 1. The van der Waals surface area contributed by atoms with Crippen molar-refractivity contribution in [2.75, 3.05) is 18.0 Å². The molecule has 0 aliphatic carbocycles. The van der Waals surface area contributed by atoms with Crippen LogP contribution in [0.1, 0.15) is 17.7 Å². The Bertz CT molecular complexity index is 622. The molecule has 1 N–H and O–H groups in total. The highest BCUT2D eigenvalue weighted by Gasteiger charge is 2.24. The van der Waals surface area contributed by atoms with Gasteiger partial charge in [0.1, 0.15) is 0 Å². The molecule has 1 atom stereocenters. The predicted octanol–water partition coefficient (Wildman–Crippen LogP) is 3.55. The van der Waals surface area contributed by atoms with Gasteiger partial charge in [-0.3, -0.25) is 4.79 Å². The third-order valence-electron chi connectivity index (χ3n) is 3.92. The SMILES string of the molecule is O=C(/C=C/c1cccs1)NC[C@@H]1CCCN1c1ccccc1. The maximum Gasteiger partial charge on any atom is 0.244 e. The number of carbonyl (C=O) groups is 1. The van der Waals surface area contributed by atoms with Crippen LogP contribution in [0.5, 0.6) is 0 Å². The van der Waals surface area contributed by atoms with Gasteiger partial charge < -0.3 is 10.2 Å². The number of rotatable bonds is 5. The Kier molecular flexibility index (Phi) is 4.91. The minimum atomic E-state index is -0.0201. The Morgan fingerprint density at radius 1 is 1.27 bits per heavy atom. The molecule has 1 aliphatic heterocycles. The fourth-order valence-corrected chi connectivity index (χ4v) is 3.45. The topological polar surface area (TPSA) is 32.3 Å². The highest BCUT2D eigenvalue weighted by molar-refractivity contribution is 7.10. The summed E-state index contributed by atoms with van der Waals surface area (Å²) in [6.07, 6.45) is 5.79. The molecule has 1 aliphatic rings. The van der Waals surface area contributed by atoms with Crippen LogP contribution in [-0.4, -0.2) is 25.0 Å². The molecule has 0 saturated carbocycles. The smallest absolute Gasteiger partial charge is 0.244 e. The Labute approximate surface area is 135 Å². The summed E-state index contributed by atoms with van der Waals surface area (Å²) >= 11 is 1.63. The summed E-state index contributed by atoms with van der Waals surface area (Å²) in [5.41, 5.74) is 1.24. The van der Waals surface area contributed by atoms with E-state index in [0.717, 1.165) is 17.8 Å². The highest BCUT2D eigenvalue weighted by atomic mass is 32.1. The molecule has 0 radical (unpaired) electrons. The van der Waals surface area contributed by atoms with Gasteiger partial charge in [-0.05, 0) is 42.5 Å². The van der Waals surface area contributed by atoms with Crippen LogP contribution in [0, 0.1) is 0 Å². The lowest BCUT2D eigenvalue weighted by Gasteiger charge is -2.26. The minimum Gasteiger partial charge on any atom is -0.367 e. The second kappa shape index (κ2) is 7.27. The van der Waals surface area contributed by atoms with E-state index >= 15 is 0 Å². The van der Waals surface area contributed by atoms with Gasteiger partial charge in [-0.15, -0.1) is 11.3 Å². The van der Waals surface area contributed by atoms with E-state index in [1.54, 1.807) is 17.4 Å². The van der Waals surface area contributed by atoms with Crippen LogP contribution in [0.3, 0.4) is 0 Å². The average Bonchev–Trinajstić information content (AvgIpc) is 3.23. The lowest BCUT2D eigenvalue weighted by Crippen LogP contribution is -2.39. The molecule has 1 aromatic carbocycles. The van der Waals surface area contributed by atoms with Crippen LogP contribution in [0.25, 0.3) is 6.08 Å². The van der Waals surface area contributed by atoms with E-state index in [-0.39, 0.29) is 5.91 Å². The van der Waals surface area contributed by atoms with Gasteiger partial charge in [-0.25, -0.2) is 0 Å². The van der Waals surface area contributed by atoms with E-state index in [1.807, 2.05) is 29.7 Å². The fraction of sp³-hybridized carbons (Fsp3) is 0.278. The lowest BCUT2D eigenvalue weighted by molar-refractivity contribution is -0.116. The van der Waals surface area contributed by atoms with Crippen LogP contribution >= 0.6 is 11.3 Å². The molecule has 0 unspecified atom stereocenters. The van der Waals surface area contributed by atoms with Gasteiger partial charge in [0.15, 0.2) is 0 Å². The molecule has 0 bridgehead atoms. The molecule has 22 heavy (non-hydrogen) atoms. The summed E-state index contributed by atoms with van der Waals surface area (Å²) in [7, 11) is 0. The zero-order valence-electron chi connectivity index (χ0n) is 12.4. The number of amides is 1. The number of carbonyl (C=O) groups excluding carboxylic acids is 1. The van der Waals surface area contributed by atoms with Crippen LogP contribution in [0.15, 0.2) is 53.9 Å². The Balaban J connectivity index is 1.53. The predicted molar refractivity (Wildman–Crippen MR) is 93.2 cm³/mol. The third-order valence-corrected chi connectivity index (χ3v) is 4.76. The first-order chi connectivity index (χ1) is 10.8. The number of nitrogens with zero attached hydrogens (tertiary/aromatic N) is 1. The molecular weight excluding hydrogens is 292 g/mol. The second-order valence-corrected chi connectivity index (χ2v) is 6.40. The van der Waals surface area contributed by atoms with E-state index in [4.69, 9.17) is 0 Å². The lowest BCUT2D eigenvalue weighted by atomic mass is 10.2. The Hall–Kier alpha value is -2.07. The Morgan fingerprint density at radius 3 is 2.91 bits per heavy atom. The number of hydrogen-bond acceptors (Lipinski definition) is 3. The van der Waals surface area contributed by atoms with Crippen molar-refractivity contribution in [3.8, 4) is 0 Å². The Morgan fingerprint density at radius 2 is 2.14 bits per heavy atom. The summed E-state index contributed by atoms with van der Waals surface area (Å²) < 4.78 is 0. The van der Waals surface area contributed by atoms with Crippen molar-refractivity contribution in [2.45, 2.75) is 18.9 Å². The van der Waals surface area contributed by atoms with Crippen molar-refractivity contribution in [1.82, 2.24) is 5.32 Å². The molecule has 4 heteroatoms. The van der Waals surface area contributed by atoms with Gasteiger partial charge >= 0.3 is 0 Å². The van der Waals surface area contributed by atoms with E-state index in [0.29, 0.717) is 12.6 Å². The third kappa shape index (κ3) is 3.77. The van der Waals surface area contributed by atoms with Crippen LogP contribution in [-0.2, 0) is 4.79 Å². The minimum absolute atomic E-state index is 0.0201. The first-order valence-corrected chi connectivity index (χ1v) is 8.52. The number of nitrogens with one attached hydrogen (secondary N) is 1. The standard InChI is InChI=1S/C18H20N2OS/c21-18(11-10-17-9-5-13-22-17)19-14-16-8-4-12-20(16)15-6-2-1-3-7-15/h1-3,5-7,9-11,13,16H,4,8,12,14H2,(H,19,21)/b11-10+/t16-/m0/s1. The van der Waals surface area contributed by atoms with Gasteiger partial charge in [0, 0.05) is 35.8 Å². The monoisotopic (exact) mass is 312 g/mol. The molecule has 3 nitrogen and oxygen atoms in total. The van der Waals surface area contributed by atoms with E-state index in [2.05, 4.69) is 34.5 Å². The van der Waals surface area contributed by atoms with Crippen molar-refractivity contribution in [2.24, 2.45) is 0 Å². The van der Waals surface area contributed by atoms with E-state index in [1.165, 1.54) is 12.1 Å². The van der Waals surface area contributed by atoms with Crippen molar-refractivity contribution >= 4 is 29.0 Å². The summed E-state index contributed by atoms with van der Waals surface area (Å²) in [4.78, 5) is 15.4. The molecule has 114 valence electrons. The summed E-state index contributed by atoms with van der Waals surface area (Å²) in [6.45, 7) is 1.76. The van der Waals surface area contributed by atoms with Gasteiger partial charge in [-0.2, -0.15) is 0 Å². The molecule has 0 spiro atoms. The maximum absolute atomic E-state index is 11.9. The van der Waals surface area contributed by atoms with Crippen molar-refractivity contribution in [3.63, 3.8) is 0 Å². The zero-order valence-corrected chi connectivity index (χ0v) is 13.3. The summed E-state index contributed by atoms with van der Waals surface area (Å²) in [5, 5.41) is 5.03. The molecule has 2 aromatic rings. The first kappa shape index (κ1) is 14.9. The number of hydrogen-bond donors (Lipinski definition) is 1. The highest BCUT2D eigenvalue weighted by Crippen LogP contribution is 2.24. The van der Waals surface area contributed by atoms with Crippen LogP contribution in [0.4, 0.5) is 5.69 Å². The number of para-hydroxylation sites is 1. The van der Waals surface area contributed by atoms with Crippen LogP contribution in [0.2, 0.25) is 0 Å². The first-order valence-electron chi connectivity index (χ1n) is 7.64. The van der Waals surface area contributed by atoms with Crippen LogP contribution < -0.4 is 10.2 Å². The van der Waals surface area contributed by atoms with Gasteiger partial charge in [-0.1, -0.05) is 24.3 Å². The van der Waals surface area contributed by atoms with Gasteiger partial charge in [0.25, 0.3) is 0 Å². The zero-order chi connectivity index (χ0) is 15.2. The van der Waals surface area contributed by atoms with Gasteiger partial charge in [0.05, 0.1) is 0 Å². The second-order valence-electron chi connectivity index (χ2n) is 5.42. The molecule has 1 aromatic heterocycles. The average molecular weight is 312 g/mol. The summed E-state index contributed by atoms with van der Waals surface area (Å²) in [5.74, 6) is -0.0201. The normalized spacial score (nSPS) is 18.0. The van der Waals surface area contributed by atoms with Crippen molar-refractivity contribution in [3.05, 3.63) is 58.8 Å². The molecular formula is C18H20N2OS. The molecule has 1 fully saturated rings. The van der Waals surface area contributed by atoms with Crippen molar-refractivity contribution in [1.29, 1.82) is 0 Å². The van der Waals surface area contributed by atoms with E-state index in [9.17, 15) is 4.79 Å². The maximum atomic E-state index is 11.9. The largest absolute Gasteiger partial charge is 0.367 e. The van der Waals surface area contributed by atoms with Gasteiger partial charge in [0.2, 0.25) is 5.91 Å². The number of anilines is 1. The van der Waals surface area contributed by atoms with E-state index < -0.39 is 0 Å².